The first-order valence-corrected chi connectivity index (χ1v) is 10.1. The van der Waals surface area contributed by atoms with Crippen molar-refractivity contribution in [3.05, 3.63) is 28.8 Å². The average molecular weight is 390 g/mol. The number of hydrogen-bond donors (Lipinski definition) is 3. The van der Waals surface area contributed by atoms with Crippen molar-refractivity contribution in [1.29, 1.82) is 0 Å². The number of guanidine groups is 1. The molecule has 4 aliphatic rings. The number of piperidine rings is 1. The molecule has 2 saturated heterocycles. The van der Waals surface area contributed by atoms with E-state index in [0.29, 0.717) is 29.5 Å². The minimum atomic E-state index is -0.224. The molecule has 0 amide bonds. The second-order valence-corrected chi connectivity index (χ2v) is 8.04. The van der Waals surface area contributed by atoms with E-state index in [0.717, 1.165) is 36.8 Å². The summed E-state index contributed by atoms with van der Waals surface area (Å²) in [5, 5.41) is 16.6. The number of ether oxygens (including phenoxy) is 1. The van der Waals surface area contributed by atoms with Crippen molar-refractivity contribution in [2.75, 3.05) is 32.8 Å². The number of nitrogens with zero attached hydrogens (tertiary/aromatic N) is 3. The first-order valence-electron chi connectivity index (χ1n) is 9.68. The Labute approximate surface area is 163 Å². The van der Waals surface area contributed by atoms with Crippen LogP contribution in [0.2, 0.25) is 5.02 Å². The zero-order valence-electron chi connectivity index (χ0n) is 15.1. The van der Waals surface area contributed by atoms with Crippen LogP contribution in [-0.2, 0) is 0 Å². The monoisotopic (exact) mass is 389 g/mol. The van der Waals surface area contributed by atoms with Crippen LogP contribution in [0, 0.1) is 5.92 Å². The number of aliphatic hydroxyl groups excluding tert-OH is 1. The summed E-state index contributed by atoms with van der Waals surface area (Å²) in [5.41, 5.74) is 0.998. The van der Waals surface area contributed by atoms with Gasteiger partial charge in [0.25, 0.3) is 0 Å². The number of aliphatic imine (C=N–C) groups is 2. The number of benzene rings is 1. The van der Waals surface area contributed by atoms with E-state index in [4.69, 9.17) is 31.4 Å². The smallest absolute Gasteiger partial charge is 0.220 e. The van der Waals surface area contributed by atoms with Crippen LogP contribution in [0.5, 0.6) is 5.75 Å². The van der Waals surface area contributed by atoms with Crippen LogP contribution in [0.1, 0.15) is 24.4 Å². The number of nitrogens with one attached hydrogen (secondary N) is 2. The van der Waals surface area contributed by atoms with E-state index in [1.807, 2.05) is 18.2 Å². The summed E-state index contributed by atoms with van der Waals surface area (Å²) in [6.45, 7) is 3.49. The molecule has 144 valence electrons. The molecule has 4 atom stereocenters. The van der Waals surface area contributed by atoms with E-state index in [2.05, 4.69) is 15.5 Å². The molecule has 0 spiro atoms. The van der Waals surface area contributed by atoms with Gasteiger partial charge in [-0.3, -0.25) is 0 Å². The minimum absolute atomic E-state index is 0.0364. The van der Waals surface area contributed by atoms with Crippen molar-refractivity contribution in [3.63, 3.8) is 0 Å². The third-order valence-corrected chi connectivity index (χ3v) is 6.12. The van der Waals surface area contributed by atoms with E-state index >= 15 is 0 Å². The highest BCUT2D eigenvalue weighted by atomic mass is 35.5. The molecule has 0 aromatic heterocycles. The molecular formula is C19H24ClN5O2. The van der Waals surface area contributed by atoms with Gasteiger partial charge in [0.2, 0.25) is 5.96 Å². The van der Waals surface area contributed by atoms with Crippen LogP contribution in [0.3, 0.4) is 0 Å². The lowest BCUT2D eigenvalue weighted by molar-refractivity contribution is 0.251. The van der Waals surface area contributed by atoms with Crippen molar-refractivity contribution in [2.24, 2.45) is 15.9 Å². The molecule has 1 aromatic carbocycles. The van der Waals surface area contributed by atoms with Gasteiger partial charge in [0.1, 0.15) is 11.8 Å². The molecule has 0 radical (unpaired) electrons. The highest BCUT2D eigenvalue weighted by Crippen LogP contribution is 2.43. The summed E-state index contributed by atoms with van der Waals surface area (Å²) in [6, 6.07) is 6.05. The van der Waals surface area contributed by atoms with E-state index < -0.39 is 0 Å². The van der Waals surface area contributed by atoms with Gasteiger partial charge in [-0.05, 0) is 43.5 Å². The van der Waals surface area contributed by atoms with Crippen LogP contribution in [0.4, 0.5) is 0 Å². The molecular weight excluding hydrogens is 366 g/mol. The van der Waals surface area contributed by atoms with Gasteiger partial charge in [-0.1, -0.05) is 11.6 Å². The lowest BCUT2D eigenvalue weighted by atomic mass is 9.94. The van der Waals surface area contributed by atoms with Crippen molar-refractivity contribution < 1.29 is 9.84 Å². The Hall–Kier alpha value is -1.83. The number of halogens is 1. The Morgan fingerprint density at radius 1 is 1.37 bits per heavy atom. The van der Waals surface area contributed by atoms with Crippen molar-refractivity contribution >= 4 is 23.4 Å². The number of aliphatic hydroxyl groups is 1. The van der Waals surface area contributed by atoms with Crippen LogP contribution < -0.4 is 15.4 Å². The maximum absolute atomic E-state index is 9.17. The molecule has 0 saturated carbocycles. The van der Waals surface area contributed by atoms with Gasteiger partial charge < -0.3 is 25.4 Å². The van der Waals surface area contributed by atoms with Crippen LogP contribution >= 0.6 is 11.6 Å². The molecule has 4 unspecified atom stereocenters. The summed E-state index contributed by atoms with van der Waals surface area (Å²) in [6.07, 6.45) is 2.27. The number of fused-ring (bicyclic) bond motifs is 4. The second-order valence-electron chi connectivity index (χ2n) is 7.61. The third-order valence-electron chi connectivity index (χ3n) is 5.89. The van der Waals surface area contributed by atoms with Gasteiger partial charge in [0.15, 0.2) is 11.9 Å². The highest BCUT2D eigenvalue weighted by molar-refractivity contribution is 6.30. The first-order chi connectivity index (χ1) is 13.2. The van der Waals surface area contributed by atoms with Crippen molar-refractivity contribution in [3.8, 4) is 5.75 Å². The van der Waals surface area contributed by atoms with Gasteiger partial charge in [0.05, 0.1) is 6.61 Å². The molecule has 7 nitrogen and oxygen atoms in total. The highest BCUT2D eigenvalue weighted by Gasteiger charge is 2.46. The minimum Gasteiger partial charge on any atom is -0.479 e. The normalized spacial score (nSPS) is 31.4. The quantitative estimate of drug-likeness (QED) is 0.707. The van der Waals surface area contributed by atoms with Crippen molar-refractivity contribution in [2.45, 2.75) is 31.0 Å². The summed E-state index contributed by atoms with van der Waals surface area (Å²) in [5.74, 6) is 2.97. The van der Waals surface area contributed by atoms with Gasteiger partial charge in [-0.2, -0.15) is 4.99 Å². The molecule has 5 rings (SSSR count). The molecule has 4 heterocycles. The summed E-state index contributed by atoms with van der Waals surface area (Å²) >= 11 is 6.22. The maximum atomic E-state index is 9.17. The lowest BCUT2D eigenvalue weighted by Crippen LogP contribution is -2.47. The fourth-order valence-electron chi connectivity index (χ4n) is 4.62. The standard InChI is InChI=1S/C19H24ClN5O2/c20-12-3-4-15-13(8-12)16-17(27-15)18(24-19(23-16)22-6-7-26)25-9-11-2-1-5-21-14(11)10-25/h3-4,8,11,14,16-17,21,26H,1-2,5-7,9-10H2,(H,22,23). The Kier molecular flexibility index (Phi) is 4.46. The zero-order valence-corrected chi connectivity index (χ0v) is 15.8. The topological polar surface area (TPSA) is 81.5 Å². The summed E-state index contributed by atoms with van der Waals surface area (Å²) < 4.78 is 6.26. The van der Waals surface area contributed by atoms with E-state index in [1.165, 1.54) is 12.8 Å². The number of likely N-dealkylation sites (tertiary alicyclic amines) is 1. The van der Waals surface area contributed by atoms with Crippen molar-refractivity contribution in [1.82, 2.24) is 15.5 Å². The lowest BCUT2D eigenvalue weighted by Gasteiger charge is -2.30. The third kappa shape index (κ3) is 3.07. The van der Waals surface area contributed by atoms with E-state index in [-0.39, 0.29) is 18.8 Å². The van der Waals surface area contributed by atoms with E-state index in [9.17, 15) is 0 Å². The molecule has 4 aliphatic heterocycles. The molecule has 0 aliphatic carbocycles. The fraction of sp³-hybridized carbons (Fsp3) is 0.579. The maximum Gasteiger partial charge on any atom is 0.220 e. The SMILES string of the molecule is OCCNC1=NC2c3cc(Cl)ccc3OC2C(N2CC3CCCNC3C2)=N1. The summed E-state index contributed by atoms with van der Waals surface area (Å²) in [4.78, 5) is 11.9. The first kappa shape index (κ1) is 17.3. The largest absolute Gasteiger partial charge is 0.479 e. The fourth-order valence-corrected chi connectivity index (χ4v) is 4.80. The predicted molar refractivity (Wildman–Crippen MR) is 105 cm³/mol. The van der Waals surface area contributed by atoms with E-state index in [1.54, 1.807) is 0 Å². The van der Waals surface area contributed by atoms with Gasteiger partial charge >= 0.3 is 0 Å². The van der Waals surface area contributed by atoms with Crippen LogP contribution in [-0.4, -0.2) is 66.7 Å². The second kappa shape index (κ2) is 6.96. The molecule has 8 heteroatoms. The summed E-state index contributed by atoms with van der Waals surface area (Å²) in [7, 11) is 0. The Bertz CT molecular complexity index is 784. The molecule has 1 aromatic rings. The Morgan fingerprint density at radius 3 is 3.15 bits per heavy atom. The molecule has 2 fully saturated rings. The van der Waals surface area contributed by atoms with Gasteiger partial charge in [0, 0.05) is 36.3 Å². The molecule has 0 bridgehead atoms. The number of rotatable bonds is 2. The van der Waals surface area contributed by atoms with Crippen LogP contribution in [0.25, 0.3) is 0 Å². The van der Waals surface area contributed by atoms with Gasteiger partial charge in [-0.15, -0.1) is 0 Å². The Morgan fingerprint density at radius 2 is 2.30 bits per heavy atom. The average Bonchev–Trinajstić information content (AvgIpc) is 3.27. The number of amidine groups is 1. The number of hydrogen-bond acceptors (Lipinski definition) is 7. The molecule has 27 heavy (non-hydrogen) atoms. The Balaban J connectivity index is 1.47. The zero-order chi connectivity index (χ0) is 18.4. The van der Waals surface area contributed by atoms with Crippen LogP contribution in [0.15, 0.2) is 28.2 Å². The molecule has 3 N–H and O–H groups in total. The predicted octanol–water partition coefficient (Wildman–Crippen LogP) is 1.18. The van der Waals surface area contributed by atoms with Gasteiger partial charge in [-0.25, -0.2) is 4.99 Å².